The molecule has 0 aliphatic carbocycles. The van der Waals surface area contributed by atoms with E-state index in [0.29, 0.717) is 5.92 Å². The second-order valence-electron chi connectivity index (χ2n) is 5.24. The molecule has 18 heavy (non-hydrogen) atoms. The van der Waals surface area contributed by atoms with Gasteiger partial charge >= 0.3 is 0 Å². The Bertz CT molecular complexity index is 581. The zero-order valence-corrected chi connectivity index (χ0v) is 11.2. The molecule has 3 rings (SSSR count). The Morgan fingerprint density at radius 1 is 1.22 bits per heavy atom. The lowest BCUT2D eigenvalue weighted by Crippen LogP contribution is -2.10. The minimum Gasteiger partial charge on any atom is -0.307 e. The maximum Gasteiger partial charge on any atom is 0.0684 e. The molecule has 1 aromatic carbocycles. The third-order valence-electron chi connectivity index (χ3n) is 3.67. The third kappa shape index (κ3) is 1.66. The van der Waals surface area contributed by atoms with E-state index < -0.39 is 0 Å². The molecule has 0 fully saturated rings. The molecule has 0 saturated carbocycles. The summed E-state index contributed by atoms with van der Waals surface area (Å²) < 4.78 is 2.12. The Labute approximate surface area is 108 Å². The van der Waals surface area contributed by atoms with Crippen LogP contribution in [-0.2, 0) is 13.1 Å². The molecular formula is C15H19N3. The number of nitrogens with zero attached hydrogens (tertiary/aromatic N) is 2. The summed E-state index contributed by atoms with van der Waals surface area (Å²) in [7, 11) is 0. The summed E-state index contributed by atoms with van der Waals surface area (Å²) in [5.74, 6) is 0.510. The smallest absolute Gasteiger partial charge is 0.0684 e. The van der Waals surface area contributed by atoms with Gasteiger partial charge in [-0.15, -0.1) is 0 Å². The number of aryl methyl sites for hydroxylation is 1. The fourth-order valence-electron chi connectivity index (χ4n) is 2.69. The number of aromatic nitrogens is 2. The largest absolute Gasteiger partial charge is 0.307 e. The highest BCUT2D eigenvalue weighted by Crippen LogP contribution is 2.27. The van der Waals surface area contributed by atoms with Crippen LogP contribution in [0.15, 0.2) is 24.3 Å². The highest BCUT2D eigenvalue weighted by atomic mass is 15.3. The topological polar surface area (TPSA) is 29.9 Å². The lowest BCUT2D eigenvalue weighted by atomic mass is 10.0. The first-order valence-corrected chi connectivity index (χ1v) is 6.56. The first-order valence-electron chi connectivity index (χ1n) is 6.56. The van der Waals surface area contributed by atoms with Crippen LogP contribution in [0.5, 0.6) is 0 Å². The highest BCUT2D eigenvalue weighted by Gasteiger charge is 2.21. The summed E-state index contributed by atoms with van der Waals surface area (Å²) >= 11 is 0. The van der Waals surface area contributed by atoms with E-state index >= 15 is 0 Å². The maximum absolute atomic E-state index is 4.72. The SMILES string of the molecule is Cc1nn(-c2ccccc2C(C)C)c2c1CNC2. The van der Waals surface area contributed by atoms with Crippen LogP contribution in [0.2, 0.25) is 0 Å². The minimum atomic E-state index is 0.510. The molecule has 3 nitrogen and oxygen atoms in total. The normalized spacial score (nSPS) is 14.2. The molecule has 2 aromatic rings. The lowest BCUT2D eigenvalue weighted by Gasteiger charge is -2.14. The lowest BCUT2D eigenvalue weighted by molar-refractivity contribution is 0.698. The summed E-state index contributed by atoms with van der Waals surface area (Å²) in [5.41, 5.74) is 6.41. The van der Waals surface area contributed by atoms with Gasteiger partial charge in [0.15, 0.2) is 0 Å². The molecule has 1 aliphatic rings. The van der Waals surface area contributed by atoms with Crippen LogP contribution in [-0.4, -0.2) is 9.78 Å². The first kappa shape index (κ1) is 11.5. The van der Waals surface area contributed by atoms with Crippen molar-refractivity contribution in [3.8, 4) is 5.69 Å². The Kier molecular flexibility index (Phi) is 2.71. The molecule has 0 radical (unpaired) electrons. The van der Waals surface area contributed by atoms with E-state index in [0.717, 1.165) is 18.8 Å². The zero-order valence-electron chi connectivity index (χ0n) is 11.2. The van der Waals surface area contributed by atoms with Crippen molar-refractivity contribution in [2.24, 2.45) is 0 Å². The molecule has 0 bridgehead atoms. The van der Waals surface area contributed by atoms with Crippen LogP contribution in [0, 0.1) is 6.92 Å². The monoisotopic (exact) mass is 241 g/mol. The van der Waals surface area contributed by atoms with Crippen molar-refractivity contribution >= 4 is 0 Å². The zero-order chi connectivity index (χ0) is 12.7. The van der Waals surface area contributed by atoms with E-state index in [9.17, 15) is 0 Å². The predicted molar refractivity (Wildman–Crippen MR) is 72.9 cm³/mol. The molecule has 2 heterocycles. The van der Waals surface area contributed by atoms with E-state index in [-0.39, 0.29) is 0 Å². The molecular weight excluding hydrogens is 222 g/mol. The van der Waals surface area contributed by atoms with Gasteiger partial charge in [0, 0.05) is 18.7 Å². The summed E-state index contributed by atoms with van der Waals surface area (Å²) in [6.07, 6.45) is 0. The highest BCUT2D eigenvalue weighted by molar-refractivity contribution is 5.46. The summed E-state index contributed by atoms with van der Waals surface area (Å²) in [6.45, 7) is 8.43. The van der Waals surface area contributed by atoms with Crippen LogP contribution in [0.25, 0.3) is 5.69 Å². The number of hydrogen-bond acceptors (Lipinski definition) is 2. The van der Waals surface area contributed by atoms with E-state index in [4.69, 9.17) is 5.10 Å². The van der Waals surface area contributed by atoms with Gasteiger partial charge in [-0.3, -0.25) is 0 Å². The van der Waals surface area contributed by atoms with Gasteiger partial charge in [-0.05, 0) is 24.5 Å². The molecule has 94 valence electrons. The number of para-hydroxylation sites is 1. The Hall–Kier alpha value is -1.61. The van der Waals surface area contributed by atoms with E-state index in [1.54, 1.807) is 0 Å². The van der Waals surface area contributed by atoms with Gasteiger partial charge in [0.05, 0.1) is 17.1 Å². The van der Waals surface area contributed by atoms with Gasteiger partial charge in [0.25, 0.3) is 0 Å². The Balaban J connectivity index is 2.19. The van der Waals surface area contributed by atoms with Crippen molar-refractivity contribution in [2.75, 3.05) is 0 Å². The number of rotatable bonds is 2. The van der Waals surface area contributed by atoms with Crippen molar-refractivity contribution in [1.82, 2.24) is 15.1 Å². The van der Waals surface area contributed by atoms with Crippen LogP contribution >= 0.6 is 0 Å². The first-order chi connectivity index (χ1) is 8.68. The molecule has 0 saturated heterocycles. The Morgan fingerprint density at radius 2 is 2.00 bits per heavy atom. The molecule has 0 spiro atoms. The molecule has 0 atom stereocenters. The predicted octanol–water partition coefficient (Wildman–Crippen LogP) is 2.91. The molecule has 0 amide bonds. The maximum atomic E-state index is 4.72. The van der Waals surface area contributed by atoms with Gasteiger partial charge in [0.2, 0.25) is 0 Å². The number of hydrogen-bond donors (Lipinski definition) is 1. The standard InChI is InChI=1S/C15H19N3/c1-10(2)12-6-4-5-7-14(12)18-15-9-16-8-13(15)11(3)17-18/h4-7,10,16H,8-9H2,1-3H3. The second-order valence-corrected chi connectivity index (χ2v) is 5.24. The summed E-state index contributed by atoms with van der Waals surface area (Å²) in [6, 6.07) is 8.56. The van der Waals surface area contributed by atoms with Gasteiger partial charge in [0.1, 0.15) is 0 Å². The van der Waals surface area contributed by atoms with Gasteiger partial charge < -0.3 is 5.32 Å². The van der Waals surface area contributed by atoms with Gasteiger partial charge in [-0.25, -0.2) is 4.68 Å². The molecule has 1 N–H and O–H groups in total. The molecule has 1 aliphatic heterocycles. The fraction of sp³-hybridized carbons (Fsp3) is 0.400. The van der Waals surface area contributed by atoms with E-state index in [2.05, 4.69) is 55.0 Å². The van der Waals surface area contributed by atoms with E-state index in [1.165, 1.54) is 22.5 Å². The fourth-order valence-corrected chi connectivity index (χ4v) is 2.69. The van der Waals surface area contributed by atoms with Crippen LogP contribution in [0.4, 0.5) is 0 Å². The van der Waals surface area contributed by atoms with E-state index in [1.807, 2.05) is 0 Å². The summed E-state index contributed by atoms with van der Waals surface area (Å²) in [4.78, 5) is 0. The van der Waals surface area contributed by atoms with Crippen molar-refractivity contribution in [3.63, 3.8) is 0 Å². The average Bonchev–Trinajstić information content (AvgIpc) is 2.94. The quantitative estimate of drug-likeness (QED) is 0.876. The molecule has 1 aromatic heterocycles. The minimum absolute atomic E-state index is 0.510. The van der Waals surface area contributed by atoms with Crippen LogP contribution in [0.1, 0.15) is 42.3 Å². The van der Waals surface area contributed by atoms with Gasteiger partial charge in [-0.1, -0.05) is 32.0 Å². The average molecular weight is 241 g/mol. The van der Waals surface area contributed by atoms with Crippen molar-refractivity contribution in [2.45, 2.75) is 39.8 Å². The van der Waals surface area contributed by atoms with Gasteiger partial charge in [-0.2, -0.15) is 5.10 Å². The van der Waals surface area contributed by atoms with Crippen molar-refractivity contribution < 1.29 is 0 Å². The van der Waals surface area contributed by atoms with Crippen LogP contribution < -0.4 is 5.32 Å². The number of fused-ring (bicyclic) bond motifs is 1. The molecule has 0 unspecified atom stereocenters. The second kappa shape index (κ2) is 4.25. The Morgan fingerprint density at radius 3 is 2.78 bits per heavy atom. The van der Waals surface area contributed by atoms with Crippen molar-refractivity contribution in [3.05, 3.63) is 46.8 Å². The molecule has 3 heteroatoms. The summed E-state index contributed by atoms with van der Waals surface area (Å²) in [5, 5.41) is 8.13. The third-order valence-corrected chi connectivity index (χ3v) is 3.67. The van der Waals surface area contributed by atoms with Crippen molar-refractivity contribution in [1.29, 1.82) is 0 Å². The van der Waals surface area contributed by atoms with Crippen LogP contribution in [0.3, 0.4) is 0 Å². The number of nitrogens with one attached hydrogen (secondary N) is 1. The number of benzene rings is 1.